The molecule has 3 aromatic rings. The van der Waals surface area contributed by atoms with Crippen molar-refractivity contribution in [3.63, 3.8) is 0 Å². The molecule has 0 amide bonds. The number of nitrogens with one attached hydrogen (secondary N) is 1. The van der Waals surface area contributed by atoms with E-state index in [0.29, 0.717) is 16.7 Å². The van der Waals surface area contributed by atoms with E-state index in [0.717, 1.165) is 20.0 Å². The van der Waals surface area contributed by atoms with Gasteiger partial charge in [-0.05, 0) is 53.3 Å². The number of aromatic amines is 1. The van der Waals surface area contributed by atoms with Crippen molar-refractivity contribution in [2.24, 2.45) is 0 Å². The monoisotopic (exact) mass is 386 g/mol. The molecule has 1 aromatic heterocycles. The minimum absolute atomic E-state index is 0.000873. The van der Waals surface area contributed by atoms with Gasteiger partial charge < -0.3 is 4.98 Å². The van der Waals surface area contributed by atoms with Crippen LogP contribution in [-0.4, -0.2) is 10.8 Å². The van der Waals surface area contributed by atoms with Gasteiger partial charge in [0.05, 0.1) is 11.6 Å². The maximum absolute atomic E-state index is 12.8. The molecular weight excluding hydrogens is 375 g/mol. The van der Waals surface area contributed by atoms with Crippen LogP contribution in [0, 0.1) is 21.8 Å². The Hall–Kier alpha value is -2.13. The first-order valence-corrected chi connectivity index (χ1v) is 7.50. The summed E-state index contributed by atoms with van der Waals surface area (Å²) in [6.07, 6.45) is 1.71. The molecule has 2 aromatic carbocycles. The Kier molecular flexibility index (Phi) is 3.52. The zero-order valence-corrected chi connectivity index (χ0v) is 13.4. The lowest BCUT2D eigenvalue weighted by Gasteiger charge is -2.05. The first kappa shape index (κ1) is 13.8. The van der Waals surface area contributed by atoms with E-state index >= 15 is 0 Å². The van der Waals surface area contributed by atoms with Crippen LogP contribution in [0.1, 0.15) is 27.0 Å². The highest BCUT2D eigenvalue weighted by molar-refractivity contribution is 14.1. The maximum atomic E-state index is 12.8. The highest BCUT2D eigenvalue weighted by Crippen LogP contribution is 2.25. The van der Waals surface area contributed by atoms with Gasteiger partial charge in [-0.25, -0.2) is 0 Å². The van der Waals surface area contributed by atoms with E-state index in [-0.39, 0.29) is 5.78 Å². The summed E-state index contributed by atoms with van der Waals surface area (Å²) >= 11 is 2.21. The first-order valence-electron chi connectivity index (χ1n) is 6.43. The predicted molar refractivity (Wildman–Crippen MR) is 90.3 cm³/mol. The molecular formula is C17H11IN2O. The van der Waals surface area contributed by atoms with Crippen LogP contribution in [0.3, 0.4) is 0 Å². The summed E-state index contributed by atoms with van der Waals surface area (Å²) in [6, 6.07) is 13.1. The SMILES string of the molecule is Cc1cccc(C(=O)c2c[nH]c3cc(C#N)ccc23)c1I. The van der Waals surface area contributed by atoms with Gasteiger partial charge in [0.25, 0.3) is 0 Å². The molecule has 1 heterocycles. The van der Waals surface area contributed by atoms with Gasteiger partial charge in [0, 0.05) is 31.8 Å². The predicted octanol–water partition coefficient (Wildman–Crippen LogP) is 4.18. The Morgan fingerprint density at radius 2 is 2.05 bits per heavy atom. The van der Waals surface area contributed by atoms with Crippen LogP contribution in [0.5, 0.6) is 0 Å². The van der Waals surface area contributed by atoms with Crippen LogP contribution >= 0.6 is 22.6 Å². The van der Waals surface area contributed by atoms with Crippen molar-refractivity contribution in [1.82, 2.24) is 4.98 Å². The Morgan fingerprint density at radius 1 is 1.24 bits per heavy atom. The number of carbonyl (C=O) groups is 1. The lowest BCUT2D eigenvalue weighted by Crippen LogP contribution is -2.04. The van der Waals surface area contributed by atoms with Gasteiger partial charge >= 0.3 is 0 Å². The summed E-state index contributed by atoms with van der Waals surface area (Å²) in [5.41, 5.74) is 3.82. The van der Waals surface area contributed by atoms with E-state index in [2.05, 4.69) is 33.6 Å². The van der Waals surface area contributed by atoms with Crippen LogP contribution in [0.2, 0.25) is 0 Å². The summed E-state index contributed by atoms with van der Waals surface area (Å²) in [6.45, 7) is 1.99. The number of nitriles is 1. The lowest BCUT2D eigenvalue weighted by atomic mass is 10.0. The van der Waals surface area contributed by atoms with Gasteiger partial charge in [-0.1, -0.05) is 18.2 Å². The fourth-order valence-corrected chi connectivity index (χ4v) is 2.96. The summed E-state index contributed by atoms with van der Waals surface area (Å²) in [5.74, 6) is -0.000873. The van der Waals surface area contributed by atoms with Gasteiger partial charge in [-0.15, -0.1) is 0 Å². The van der Waals surface area contributed by atoms with Crippen LogP contribution in [0.4, 0.5) is 0 Å². The van der Waals surface area contributed by atoms with Gasteiger partial charge in [0.15, 0.2) is 5.78 Å². The number of aryl methyl sites for hydroxylation is 1. The van der Waals surface area contributed by atoms with Gasteiger partial charge in [0.2, 0.25) is 0 Å². The van der Waals surface area contributed by atoms with E-state index in [9.17, 15) is 4.79 Å². The van der Waals surface area contributed by atoms with Crippen molar-refractivity contribution in [1.29, 1.82) is 5.26 Å². The fourth-order valence-electron chi connectivity index (χ4n) is 2.35. The molecule has 1 N–H and O–H groups in total. The summed E-state index contributed by atoms with van der Waals surface area (Å²) in [4.78, 5) is 15.8. The summed E-state index contributed by atoms with van der Waals surface area (Å²) in [5, 5.41) is 9.77. The Morgan fingerprint density at radius 3 is 2.81 bits per heavy atom. The van der Waals surface area contributed by atoms with E-state index in [1.807, 2.05) is 31.2 Å². The molecule has 0 saturated carbocycles. The number of benzene rings is 2. The number of carbonyl (C=O) groups excluding carboxylic acids is 1. The molecule has 0 atom stereocenters. The molecule has 0 fully saturated rings. The molecule has 0 spiro atoms. The molecule has 0 bridgehead atoms. The van der Waals surface area contributed by atoms with Gasteiger partial charge in [-0.2, -0.15) is 5.26 Å². The highest BCUT2D eigenvalue weighted by atomic mass is 127. The quantitative estimate of drug-likeness (QED) is 0.531. The van der Waals surface area contributed by atoms with Crippen molar-refractivity contribution in [3.8, 4) is 6.07 Å². The smallest absolute Gasteiger partial charge is 0.196 e. The molecule has 21 heavy (non-hydrogen) atoms. The molecule has 0 aliphatic carbocycles. The number of fused-ring (bicyclic) bond motifs is 1. The molecule has 102 valence electrons. The van der Waals surface area contributed by atoms with Gasteiger partial charge in [0.1, 0.15) is 0 Å². The van der Waals surface area contributed by atoms with Crippen molar-refractivity contribution in [3.05, 3.63) is 68.4 Å². The number of halogens is 1. The van der Waals surface area contributed by atoms with Crippen LogP contribution < -0.4 is 0 Å². The zero-order valence-electron chi connectivity index (χ0n) is 11.3. The molecule has 0 saturated heterocycles. The first-order chi connectivity index (χ1) is 10.1. The summed E-state index contributed by atoms with van der Waals surface area (Å²) in [7, 11) is 0. The normalized spacial score (nSPS) is 10.5. The average Bonchev–Trinajstić information content (AvgIpc) is 2.92. The molecule has 0 unspecified atom stereocenters. The van der Waals surface area contributed by atoms with Crippen molar-refractivity contribution < 1.29 is 4.79 Å². The number of hydrogen-bond acceptors (Lipinski definition) is 2. The second kappa shape index (κ2) is 5.34. The second-order valence-corrected chi connectivity index (χ2v) is 5.92. The molecule has 0 aliphatic heterocycles. The number of H-pyrrole nitrogens is 1. The maximum Gasteiger partial charge on any atom is 0.196 e. The highest BCUT2D eigenvalue weighted by Gasteiger charge is 2.17. The minimum Gasteiger partial charge on any atom is -0.360 e. The second-order valence-electron chi connectivity index (χ2n) is 4.84. The third-order valence-corrected chi connectivity index (χ3v) is 4.92. The van der Waals surface area contributed by atoms with E-state index in [4.69, 9.17) is 5.26 Å². The Balaban J connectivity index is 2.15. The standard InChI is InChI=1S/C17H11IN2O/c1-10-3-2-4-13(16(10)18)17(21)14-9-20-15-7-11(8-19)5-6-12(14)15/h2-7,9,20H,1H3. The van der Waals surface area contributed by atoms with E-state index in [1.54, 1.807) is 18.3 Å². The molecule has 3 nitrogen and oxygen atoms in total. The topological polar surface area (TPSA) is 56.6 Å². The fraction of sp³-hybridized carbons (Fsp3) is 0.0588. The molecule has 0 aliphatic rings. The number of hydrogen-bond donors (Lipinski definition) is 1. The summed E-state index contributed by atoms with van der Waals surface area (Å²) < 4.78 is 0.975. The largest absolute Gasteiger partial charge is 0.360 e. The van der Waals surface area contributed by atoms with Crippen molar-refractivity contribution >= 4 is 39.3 Å². The number of nitrogens with zero attached hydrogens (tertiary/aromatic N) is 1. The van der Waals surface area contributed by atoms with E-state index < -0.39 is 0 Å². The van der Waals surface area contributed by atoms with Gasteiger partial charge in [-0.3, -0.25) is 4.79 Å². The molecule has 3 rings (SSSR count). The number of ketones is 1. The number of aromatic nitrogens is 1. The van der Waals surface area contributed by atoms with Crippen LogP contribution in [-0.2, 0) is 0 Å². The average molecular weight is 386 g/mol. The number of rotatable bonds is 2. The molecule has 0 radical (unpaired) electrons. The van der Waals surface area contributed by atoms with Crippen LogP contribution in [0.25, 0.3) is 10.9 Å². The van der Waals surface area contributed by atoms with E-state index in [1.165, 1.54) is 0 Å². The lowest BCUT2D eigenvalue weighted by molar-refractivity contribution is 0.103. The minimum atomic E-state index is -0.000873. The van der Waals surface area contributed by atoms with Crippen molar-refractivity contribution in [2.45, 2.75) is 6.92 Å². The molecule has 4 heteroatoms. The van der Waals surface area contributed by atoms with Crippen LogP contribution in [0.15, 0.2) is 42.6 Å². The third kappa shape index (κ3) is 2.34. The van der Waals surface area contributed by atoms with Crippen molar-refractivity contribution in [2.75, 3.05) is 0 Å². The zero-order chi connectivity index (χ0) is 15.0. The Labute approximate surface area is 135 Å². The Bertz CT molecular complexity index is 903. The third-order valence-electron chi connectivity index (χ3n) is 3.49.